The van der Waals surface area contributed by atoms with Crippen LogP contribution in [-0.4, -0.2) is 24.0 Å². The molecule has 1 aliphatic rings. The van der Waals surface area contributed by atoms with Gasteiger partial charge in [0.1, 0.15) is 5.82 Å². The van der Waals surface area contributed by atoms with Crippen molar-refractivity contribution in [2.24, 2.45) is 5.92 Å². The van der Waals surface area contributed by atoms with Crippen LogP contribution in [0, 0.1) is 5.92 Å². The lowest BCUT2D eigenvalue weighted by atomic mass is 9.94. The summed E-state index contributed by atoms with van der Waals surface area (Å²) in [7, 11) is 0. The van der Waals surface area contributed by atoms with Gasteiger partial charge in [-0.3, -0.25) is 4.79 Å². The predicted molar refractivity (Wildman–Crippen MR) is 72.7 cm³/mol. The van der Waals surface area contributed by atoms with Gasteiger partial charge in [0.05, 0.1) is 5.02 Å². The maximum atomic E-state index is 11.7. The molecule has 1 aliphatic heterocycles. The molecule has 1 saturated heterocycles. The monoisotopic (exact) mass is 267 g/mol. The zero-order valence-corrected chi connectivity index (χ0v) is 11.0. The third-order valence-electron chi connectivity index (χ3n) is 3.17. The maximum absolute atomic E-state index is 11.7. The van der Waals surface area contributed by atoms with Crippen molar-refractivity contribution in [3.63, 3.8) is 0 Å². The standard InChI is InChI=1S/C13H18ClN3O/c14-11-4-5-12(16-9-11)17-13(18)6-3-10-2-1-7-15-8-10/h4-5,9-10,15H,1-3,6-8H2,(H,16,17,18). The van der Waals surface area contributed by atoms with Crippen molar-refractivity contribution >= 4 is 23.3 Å². The summed E-state index contributed by atoms with van der Waals surface area (Å²) >= 11 is 5.73. The predicted octanol–water partition coefficient (Wildman–Crippen LogP) is 2.45. The Morgan fingerprint density at radius 3 is 3.11 bits per heavy atom. The van der Waals surface area contributed by atoms with Gasteiger partial charge in [-0.25, -0.2) is 4.98 Å². The minimum atomic E-state index is 0.0235. The van der Waals surface area contributed by atoms with Crippen molar-refractivity contribution in [2.75, 3.05) is 18.4 Å². The second-order valence-corrected chi connectivity index (χ2v) is 5.10. The van der Waals surface area contributed by atoms with E-state index >= 15 is 0 Å². The summed E-state index contributed by atoms with van der Waals surface area (Å²) < 4.78 is 0. The molecule has 0 radical (unpaired) electrons. The summed E-state index contributed by atoms with van der Waals surface area (Å²) in [4.78, 5) is 15.8. The minimum absolute atomic E-state index is 0.0235. The van der Waals surface area contributed by atoms with E-state index in [0.29, 0.717) is 23.2 Å². The van der Waals surface area contributed by atoms with Crippen molar-refractivity contribution in [2.45, 2.75) is 25.7 Å². The molecule has 0 aliphatic carbocycles. The largest absolute Gasteiger partial charge is 0.316 e. The van der Waals surface area contributed by atoms with Gasteiger partial charge >= 0.3 is 0 Å². The maximum Gasteiger partial charge on any atom is 0.225 e. The van der Waals surface area contributed by atoms with Crippen LogP contribution in [0.2, 0.25) is 5.02 Å². The van der Waals surface area contributed by atoms with Crippen LogP contribution < -0.4 is 10.6 Å². The number of aromatic nitrogens is 1. The van der Waals surface area contributed by atoms with Crippen molar-refractivity contribution < 1.29 is 4.79 Å². The zero-order chi connectivity index (χ0) is 12.8. The summed E-state index contributed by atoms with van der Waals surface area (Å²) in [6.07, 6.45) is 5.45. The van der Waals surface area contributed by atoms with Crippen LogP contribution in [0.4, 0.5) is 5.82 Å². The fourth-order valence-electron chi connectivity index (χ4n) is 2.16. The Labute approximate surface area is 112 Å². The first-order valence-corrected chi connectivity index (χ1v) is 6.74. The number of amides is 1. The first-order valence-electron chi connectivity index (χ1n) is 6.36. The minimum Gasteiger partial charge on any atom is -0.316 e. The number of carbonyl (C=O) groups excluding carboxylic acids is 1. The molecule has 0 aromatic carbocycles. The molecule has 18 heavy (non-hydrogen) atoms. The first kappa shape index (κ1) is 13.3. The molecular formula is C13H18ClN3O. The highest BCUT2D eigenvalue weighted by Gasteiger charge is 2.14. The van der Waals surface area contributed by atoms with Gasteiger partial charge in [-0.15, -0.1) is 0 Å². The quantitative estimate of drug-likeness (QED) is 0.881. The van der Waals surface area contributed by atoms with Gasteiger partial charge in [0.15, 0.2) is 0 Å². The Morgan fingerprint density at radius 2 is 2.44 bits per heavy atom. The van der Waals surface area contributed by atoms with Crippen LogP contribution in [-0.2, 0) is 4.79 Å². The van der Waals surface area contributed by atoms with E-state index in [9.17, 15) is 4.79 Å². The molecule has 0 saturated carbocycles. The summed E-state index contributed by atoms with van der Waals surface area (Å²) in [5.41, 5.74) is 0. The van der Waals surface area contributed by atoms with E-state index in [-0.39, 0.29) is 5.91 Å². The molecule has 98 valence electrons. The molecule has 1 aromatic rings. The number of anilines is 1. The molecule has 1 unspecified atom stereocenters. The molecule has 2 rings (SSSR count). The molecular weight excluding hydrogens is 250 g/mol. The van der Waals surface area contributed by atoms with Crippen LogP contribution in [0.25, 0.3) is 0 Å². The lowest BCUT2D eigenvalue weighted by molar-refractivity contribution is -0.116. The van der Waals surface area contributed by atoms with E-state index < -0.39 is 0 Å². The van der Waals surface area contributed by atoms with Gasteiger partial charge in [-0.1, -0.05) is 11.6 Å². The van der Waals surface area contributed by atoms with Gasteiger partial charge < -0.3 is 10.6 Å². The zero-order valence-electron chi connectivity index (χ0n) is 10.3. The van der Waals surface area contributed by atoms with Crippen molar-refractivity contribution in [1.82, 2.24) is 10.3 Å². The van der Waals surface area contributed by atoms with Crippen LogP contribution in [0.5, 0.6) is 0 Å². The number of rotatable bonds is 4. The van der Waals surface area contributed by atoms with Crippen LogP contribution >= 0.6 is 11.6 Å². The molecule has 2 N–H and O–H groups in total. The topological polar surface area (TPSA) is 54.0 Å². The Hall–Kier alpha value is -1.13. The van der Waals surface area contributed by atoms with E-state index in [4.69, 9.17) is 11.6 Å². The number of piperidine rings is 1. The van der Waals surface area contributed by atoms with Crippen LogP contribution in [0.1, 0.15) is 25.7 Å². The lowest BCUT2D eigenvalue weighted by Crippen LogP contribution is -2.30. The number of pyridine rings is 1. The number of nitrogens with one attached hydrogen (secondary N) is 2. The Bertz CT molecular complexity index is 388. The van der Waals surface area contributed by atoms with Gasteiger partial charge in [0, 0.05) is 12.6 Å². The van der Waals surface area contributed by atoms with E-state index in [1.54, 1.807) is 12.1 Å². The van der Waals surface area contributed by atoms with Crippen LogP contribution in [0.15, 0.2) is 18.3 Å². The summed E-state index contributed by atoms with van der Waals surface area (Å²) in [6, 6.07) is 3.43. The molecule has 1 fully saturated rings. The fraction of sp³-hybridized carbons (Fsp3) is 0.538. The summed E-state index contributed by atoms with van der Waals surface area (Å²) in [6.45, 7) is 2.14. The highest BCUT2D eigenvalue weighted by atomic mass is 35.5. The molecule has 5 heteroatoms. The second-order valence-electron chi connectivity index (χ2n) is 4.66. The molecule has 1 atom stereocenters. The average Bonchev–Trinajstić information content (AvgIpc) is 2.40. The molecule has 0 spiro atoms. The number of hydrogen-bond acceptors (Lipinski definition) is 3. The number of carbonyl (C=O) groups is 1. The Balaban J connectivity index is 1.73. The van der Waals surface area contributed by atoms with Gasteiger partial charge in [-0.05, 0) is 50.4 Å². The van der Waals surface area contributed by atoms with Gasteiger partial charge in [0.25, 0.3) is 0 Å². The third kappa shape index (κ3) is 4.27. The highest BCUT2D eigenvalue weighted by Crippen LogP contribution is 2.16. The highest BCUT2D eigenvalue weighted by molar-refractivity contribution is 6.30. The molecule has 4 nitrogen and oxygen atoms in total. The van der Waals surface area contributed by atoms with Crippen molar-refractivity contribution in [3.05, 3.63) is 23.4 Å². The van der Waals surface area contributed by atoms with E-state index in [2.05, 4.69) is 15.6 Å². The Kier molecular flexibility index (Phi) is 4.96. The second kappa shape index (κ2) is 6.71. The third-order valence-corrected chi connectivity index (χ3v) is 3.40. The van der Waals surface area contributed by atoms with E-state index in [1.807, 2.05) is 0 Å². The number of hydrogen-bond donors (Lipinski definition) is 2. The van der Waals surface area contributed by atoms with E-state index in [1.165, 1.54) is 19.0 Å². The van der Waals surface area contributed by atoms with Crippen molar-refractivity contribution in [1.29, 1.82) is 0 Å². The number of halogens is 1. The normalized spacial score (nSPS) is 19.5. The van der Waals surface area contributed by atoms with Crippen LogP contribution in [0.3, 0.4) is 0 Å². The molecule has 1 aromatic heterocycles. The SMILES string of the molecule is O=C(CCC1CCCNC1)Nc1ccc(Cl)cn1. The Morgan fingerprint density at radius 1 is 1.56 bits per heavy atom. The summed E-state index contributed by atoms with van der Waals surface area (Å²) in [5, 5.41) is 6.71. The van der Waals surface area contributed by atoms with Gasteiger partial charge in [-0.2, -0.15) is 0 Å². The number of nitrogens with zero attached hydrogens (tertiary/aromatic N) is 1. The average molecular weight is 268 g/mol. The lowest BCUT2D eigenvalue weighted by Gasteiger charge is -2.22. The fourth-order valence-corrected chi connectivity index (χ4v) is 2.27. The molecule has 1 amide bonds. The van der Waals surface area contributed by atoms with E-state index in [0.717, 1.165) is 19.5 Å². The summed E-state index contributed by atoms with van der Waals surface area (Å²) in [5.74, 6) is 1.21. The smallest absolute Gasteiger partial charge is 0.225 e. The first-order chi connectivity index (χ1) is 8.74. The van der Waals surface area contributed by atoms with Gasteiger partial charge in [0.2, 0.25) is 5.91 Å². The molecule has 0 bridgehead atoms. The molecule has 2 heterocycles. The van der Waals surface area contributed by atoms with Crippen molar-refractivity contribution in [3.8, 4) is 0 Å².